The number of nitrogens with zero attached hydrogens (tertiary/aromatic N) is 4. The van der Waals surface area contributed by atoms with Crippen LogP contribution in [0.1, 0.15) is 26.0 Å². The molecule has 1 aromatic carbocycles. The van der Waals surface area contributed by atoms with E-state index in [-0.39, 0.29) is 0 Å². The van der Waals surface area contributed by atoms with Gasteiger partial charge in [-0.25, -0.2) is 18.4 Å². The molecule has 138 valence electrons. The van der Waals surface area contributed by atoms with Crippen LogP contribution in [0.25, 0.3) is 16.7 Å². The summed E-state index contributed by atoms with van der Waals surface area (Å²) in [5.41, 5.74) is 1.71. The van der Waals surface area contributed by atoms with E-state index >= 15 is 0 Å². The van der Waals surface area contributed by atoms with Crippen molar-refractivity contribution >= 4 is 16.9 Å². The minimum atomic E-state index is -2.70. The van der Waals surface area contributed by atoms with E-state index in [0.717, 1.165) is 22.4 Å². The Balaban J connectivity index is 1.53. The smallest absolute Gasteiger partial charge is 0.252 e. The number of carbonyl (C=O) groups is 1. The molecule has 2 aromatic heterocycles. The molecule has 0 atom stereocenters. The van der Waals surface area contributed by atoms with Gasteiger partial charge in [-0.05, 0) is 44.9 Å². The van der Waals surface area contributed by atoms with E-state index in [1.807, 2.05) is 24.4 Å². The highest BCUT2D eigenvalue weighted by Crippen LogP contribution is 2.24. The van der Waals surface area contributed by atoms with Crippen molar-refractivity contribution < 1.29 is 13.6 Å². The molecular formula is C17H20F2N6O. The Hall–Kier alpha value is -2.84. The van der Waals surface area contributed by atoms with Crippen LogP contribution in [-0.4, -0.2) is 43.8 Å². The molecule has 2 N–H and O–H groups in total. The molecule has 9 heteroatoms. The molecule has 0 fully saturated rings. The number of hydrogen-bond acceptors (Lipinski definition) is 4. The molecule has 0 aliphatic heterocycles. The highest BCUT2D eigenvalue weighted by atomic mass is 19.3. The number of carbonyl (C=O) groups excluding carboxylic acids is 1. The predicted molar refractivity (Wildman–Crippen MR) is 92.1 cm³/mol. The lowest BCUT2D eigenvalue weighted by atomic mass is 9.93. The van der Waals surface area contributed by atoms with Gasteiger partial charge in [0.1, 0.15) is 5.41 Å². The third-order valence-corrected chi connectivity index (χ3v) is 4.24. The molecule has 0 saturated carbocycles. The second-order valence-electron chi connectivity index (χ2n) is 6.64. The number of nitrogens with one attached hydrogen (secondary N) is 2. The van der Waals surface area contributed by atoms with Crippen LogP contribution < -0.4 is 5.32 Å². The summed E-state index contributed by atoms with van der Waals surface area (Å²) in [6.45, 7) is 2.77. The average molecular weight is 362 g/mol. The Labute approximate surface area is 148 Å². The largest absolute Gasteiger partial charge is 0.355 e. The third kappa shape index (κ3) is 3.71. The summed E-state index contributed by atoms with van der Waals surface area (Å²) in [5.74, 6) is -0.649. The quantitative estimate of drug-likeness (QED) is 0.632. The van der Waals surface area contributed by atoms with Crippen LogP contribution in [0.2, 0.25) is 0 Å². The zero-order chi connectivity index (χ0) is 18.7. The topological polar surface area (TPSA) is 88.5 Å². The van der Waals surface area contributed by atoms with Crippen molar-refractivity contribution in [2.24, 2.45) is 5.41 Å². The zero-order valence-corrected chi connectivity index (χ0v) is 14.5. The van der Waals surface area contributed by atoms with Gasteiger partial charge >= 0.3 is 0 Å². The fourth-order valence-electron chi connectivity index (χ4n) is 2.40. The number of aromatic nitrogens is 5. The van der Waals surface area contributed by atoms with Crippen molar-refractivity contribution in [3.8, 4) is 5.69 Å². The van der Waals surface area contributed by atoms with E-state index in [1.165, 1.54) is 13.8 Å². The maximum atomic E-state index is 12.8. The van der Waals surface area contributed by atoms with Gasteiger partial charge in [-0.1, -0.05) is 5.21 Å². The average Bonchev–Trinajstić information content (AvgIpc) is 3.26. The summed E-state index contributed by atoms with van der Waals surface area (Å²) < 4.78 is 27.2. The Kier molecular flexibility index (Phi) is 4.97. The summed E-state index contributed by atoms with van der Waals surface area (Å²) in [5, 5.41) is 10.8. The van der Waals surface area contributed by atoms with E-state index in [2.05, 4.69) is 25.6 Å². The van der Waals surface area contributed by atoms with E-state index in [4.69, 9.17) is 0 Å². The van der Waals surface area contributed by atoms with Crippen LogP contribution >= 0.6 is 0 Å². The summed E-state index contributed by atoms with van der Waals surface area (Å²) in [6, 6.07) is 5.71. The van der Waals surface area contributed by atoms with Gasteiger partial charge in [0.15, 0.2) is 0 Å². The number of aryl methyl sites for hydroxylation is 1. The maximum Gasteiger partial charge on any atom is 0.252 e. The van der Waals surface area contributed by atoms with Gasteiger partial charge in [-0.3, -0.25) is 4.79 Å². The number of rotatable bonds is 7. The zero-order valence-electron chi connectivity index (χ0n) is 14.5. The first-order valence-corrected chi connectivity index (χ1v) is 8.29. The first-order chi connectivity index (χ1) is 12.4. The number of hydrogen-bond donors (Lipinski definition) is 2. The minimum Gasteiger partial charge on any atom is -0.355 e. The van der Waals surface area contributed by atoms with Gasteiger partial charge in [0, 0.05) is 6.54 Å². The molecule has 0 aliphatic carbocycles. The molecule has 0 spiro atoms. The van der Waals surface area contributed by atoms with Gasteiger partial charge in [0.2, 0.25) is 5.91 Å². The van der Waals surface area contributed by atoms with E-state index in [0.29, 0.717) is 19.4 Å². The summed E-state index contributed by atoms with van der Waals surface area (Å²) in [4.78, 5) is 19.0. The Morgan fingerprint density at radius 3 is 2.96 bits per heavy atom. The van der Waals surface area contributed by atoms with Gasteiger partial charge in [-0.2, -0.15) is 0 Å². The molecule has 0 aliphatic rings. The van der Waals surface area contributed by atoms with Crippen molar-refractivity contribution in [3.05, 3.63) is 36.4 Å². The van der Waals surface area contributed by atoms with Crippen molar-refractivity contribution in [1.29, 1.82) is 0 Å². The number of halogens is 2. The molecule has 0 unspecified atom stereocenters. The number of H-pyrrole nitrogens is 1. The van der Waals surface area contributed by atoms with Gasteiger partial charge in [0.05, 0.1) is 34.9 Å². The first-order valence-electron chi connectivity index (χ1n) is 8.29. The van der Waals surface area contributed by atoms with Crippen molar-refractivity contribution in [2.75, 3.05) is 6.54 Å². The van der Waals surface area contributed by atoms with Crippen LogP contribution in [0, 0.1) is 5.41 Å². The second-order valence-corrected chi connectivity index (χ2v) is 6.64. The number of aromatic amines is 1. The van der Waals surface area contributed by atoms with Crippen molar-refractivity contribution in [2.45, 2.75) is 33.1 Å². The molecule has 7 nitrogen and oxygen atoms in total. The number of amides is 1. The maximum absolute atomic E-state index is 12.8. The van der Waals surface area contributed by atoms with Crippen LogP contribution in [0.4, 0.5) is 8.78 Å². The van der Waals surface area contributed by atoms with Crippen LogP contribution in [-0.2, 0) is 11.2 Å². The van der Waals surface area contributed by atoms with E-state index < -0.39 is 17.7 Å². The molecule has 0 saturated heterocycles. The fraction of sp³-hybridized carbons (Fsp3) is 0.412. The lowest BCUT2D eigenvalue weighted by Crippen LogP contribution is -2.42. The molecule has 3 rings (SSSR count). The number of imidazole rings is 1. The number of benzene rings is 1. The molecule has 0 radical (unpaired) electrons. The van der Waals surface area contributed by atoms with Crippen LogP contribution in [0.15, 0.2) is 30.7 Å². The van der Waals surface area contributed by atoms with Gasteiger partial charge in [0.25, 0.3) is 6.43 Å². The number of fused-ring (bicyclic) bond motifs is 1. The third-order valence-electron chi connectivity index (χ3n) is 4.24. The summed E-state index contributed by atoms with van der Waals surface area (Å²) in [6.07, 6.45) is 1.91. The Morgan fingerprint density at radius 1 is 1.38 bits per heavy atom. The second kappa shape index (κ2) is 7.19. The highest BCUT2D eigenvalue weighted by Gasteiger charge is 2.37. The van der Waals surface area contributed by atoms with Crippen LogP contribution in [0.3, 0.4) is 0 Å². The molecule has 3 aromatic rings. The standard InChI is InChI=1S/C17H20F2N6O/c1-17(2,15(18)19)16(26)20-7-3-4-11-9-25(24-23-11)12-5-6-13-14(8-12)22-10-21-13/h5-6,8-10,15H,3-4,7H2,1-2H3,(H,20,26)(H,21,22). The summed E-state index contributed by atoms with van der Waals surface area (Å²) >= 11 is 0. The SMILES string of the molecule is CC(C)(C(=O)NCCCc1cn(-c2ccc3nc[nH]c3c2)nn1)C(F)F. The fourth-order valence-corrected chi connectivity index (χ4v) is 2.40. The monoisotopic (exact) mass is 362 g/mol. The highest BCUT2D eigenvalue weighted by molar-refractivity contribution is 5.82. The van der Waals surface area contributed by atoms with Gasteiger partial charge < -0.3 is 10.3 Å². The van der Waals surface area contributed by atoms with E-state index in [9.17, 15) is 13.6 Å². The normalized spacial score (nSPS) is 12.0. The molecule has 2 heterocycles. The van der Waals surface area contributed by atoms with Crippen molar-refractivity contribution in [3.63, 3.8) is 0 Å². The molecule has 1 amide bonds. The number of alkyl halides is 2. The Bertz CT molecular complexity index is 901. The molecule has 0 bridgehead atoms. The summed E-state index contributed by atoms with van der Waals surface area (Å²) in [7, 11) is 0. The van der Waals surface area contributed by atoms with E-state index in [1.54, 1.807) is 11.0 Å². The molecular weight excluding hydrogens is 342 g/mol. The van der Waals surface area contributed by atoms with Crippen molar-refractivity contribution in [1.82, 2.24) is 30.3 Å². The lowest BCUT2D eigenvalue weighted by Gasteiger charge is -2.22. The lowest BCUT2D eigenvalue weighted by molar-refractivity contribution is -0.137. The minimum absolute atomic E-state index is 0.307. The van der Waals surface area contributed by atoms with Gasteiger partial charge in [-0.15, -0.1) is 5.10 Å². The molecule has 26 heavy (non-hydrogen) atoms. The van der Waals surface area contributed by atoms with Crippen LogP contribution in [0.5, 0.6) is 0 Å². The predicted octanol–water partition coefficient (Wildman–Crippen LogP) is 2.48. The first kappa shape index (κ1) is 18.0. The Morgan fingerprint density at radius 2 is 2.19 bits per heavy atom.